The van der Waals surface area contributed by atoms with Crippen LogP contribution in [0.5, 0.6) is 0 Å². The number of carbonyl (C=O) groups excluding carboxylic acids is 1. The fraction of sp³-hybridized carbons (Fsp3) is 0.875. The van der Waals surface area contributed by atoms with Crippen molar-refractivity contribution < 1.29 is 4.79 Å². The molecule has 2 N–H and O–H groups in total. The van der Waals surface area contributed by atoms with E-state index in [1.807, 2.05) is 20.8 Å². The lowest BCUT2D eigenvalue weighted by atomic mass is 9.87. The van der Waals surface area contributed by atoms with Crippen LogP contribution in [0.4, 0.5) is 0 Å². The van der Waals surface area contributed by atoms with E-state index in [2.05, 4.69) is 0 Å². The maximum absolute atomic E-state index is 11.6. The van der Waals surface area contributed by atoms with Gasteiger partial charge in [-0.15, -0.1) is 0 Å². The Balaban J connectivity index is 2.51. The molecule has 3 nitrogen and oxygen atoms in total. The number of nitrogens with two attached hydrogens (primary N) is 1. The van der Waals surface area contributed by atoms with Gasteiger partial charge in [-0.1, -0.05) is 20.8 Å². The van der Waals surface area contributed by atoms with E-state index in [0.29, 0.717) is 0 Å². The van der Waals surface area contributed by atoms with Gasteiger partial charge in [0, 0.05) is 12.3 Å². The maximum atomic E-state index is 11.6. The van der Waals surface area contributed by atoms with Gasteiger partial charge in [0.15, 0.2) is 0 Å². The topological polar surface area (TPSA) is 46.3 Å². The molecule has 1 saturated heterocycles. The second-order valence-electron chi connectivity index (χ2n) is 4.12. The van der Waals surface area contributed by atoms with Crippen molar-refractivity contribution in [2.24, 2.45) is 11.1 Å². The molecule has 1 aliphatic heterocycles. The molecule has 1 aliphatic rings. The van der Waals surface area contributed by atoms with Gasteiger partial charge in [0.25, 0.3) is 0 Å². The minimum Gasteiger partial charge on any atom is -0.319 e. The van der Waals surface area contributed by atoms with Crippen molar-refractivity contribution in [2.45, 2.75) is 26.8 Å². The largest absolute Gasteiger partial charge is 0.319 e. The van der Waals surface area contributed by atoms with Crippen LogP contribution in [0.1, 0.15) is 20.8 Å². The molecule has 0 aliphatic carbocycles. The van der Waals surface area contributed by atoms with Crippen LogP contribution < -0.4 is 5.73 Å². The molecule has 1 atom stereocenters. The first-order valence-corrected chi connectivity index (χ1v) is 5.07. The lowest BCUT2D eigenvalue weighted by molar-refractivity contribution is -0.130. The van der Waals surface area contributed by atoms with E-state index < -0.39 is 0 Å². The summed E-state index contributed by atoms with van der Waals surface area (Å²) in [5.41, 5.74) is 5.67. The van der Waals surface area contributed by atoms with Gasteiger partial charge in [-0.25, -0.2) is 0 Å². The summed E-state index contributed by atoms with van der Waals surface area (Å²) in [5.74, 6) is 1.11. The van der Waals surface area contributed by atoms with Gasteiger partial charge in [0.05, 0.1) is 6.04 Å². The van der Waals surface area contributed by atoms with Crippen LogP contribution in [0.2, 0.25) is 0 Å². The highest BCUT2D eigenvalue weighted by molar-refractivity contribution is 7.98. The Labute approximate surface area is 77.8 Å². The van der Waals surface area contributed by atoms with Gasteiger partial charge < -0.3 is 5.73 Å². The molecule has 1 fully saturated rings. The molecule has 0 aromatic carbocycles. The first-order chi connectivity index (χ1) is 5.43. The molecule has 12 heavy (non-hydrogen) atoms. The zero-order valence-corrected chi connectivity index (χ0v) is 8.65. The zero-order chi connectivity index (χ0) is 9.35. The van der Waals surface area contributed by atoms with E-state index in [4.69, 9.17) is 5.73 Å². The summed E-state index contributed by atoms with van der Waals surface area (Å²) in [6, 6.07) is -0.370. The first-order valence-electron chi connectivity index (χ1n) is 4.13. The summed E-state index contributed by atoms with van der Waals surface area (Å²) in [4.78, 5) is 11.6. The van der Waals surface area contributed by atoms with Crippen molar-refractivity contribution >= 4 is 17.9 Å². The van der Waals surface area contributed by atoms with Crippen LogP contribution in [0, 0.1) is 5.41 Å². The second kappa shape index (κ2) is 3.26. The Hall–Kier alpha value is -0.220. The molecule has 1 heterocycles. The Kier molecular flexibility index (Phi) is 2.68. The molecule has 0 bridgehead atoms. The van der Waals surface area contributed by atoms with E-state index >= 15 is 0 Å². The molecular weight excluding hydrogens is 172 g/mol. The molecule has 4 heteroatoms. The lowest BCUT2D eigenvalue weighted by Gasteiger charge is -2.35. The SMILES string of the molecule is CC(C)(C)C(N)C(=O)N1CCS1. The van der Waals surface area contributed by atoms with E-state index in [-0.39, 0.29) is 17.4 Å². The van der Waals surface area contributed by atoms with Gasteiger partial charge in [-0.2, -0.15) is 0 Å². The maximum Gasteiger partial charge on any atom is 0.249 e. The molecule has 1 rings (SSSR count). The van der Waals surface area contributed by atoms with Gasteiger partial charge >= 0.3 is 0 Å². The highest BCUT2D eigenvalue weighted by Gasteiger charge is 2.33. The average Bonchev–Trinajstić information content (AvgIpc) is 1.79. The van der Waals surface area contributed by atoms with Crippen molar-refractivity contribution in [2.75, 3.05) is 12.3 Å². The molecule has 0 aromatic rings. The summed E-state index contributed by atoms with van der Waals surface area (Å²) in [6.07, 6.45) is 0. The summed E-state index contributed by atoms with van der Waals surface area (Å²) in [5, 5.41) is 0. The smallest absolute Gasteiger partial charge is 0.249 e. The summed E-state index contributed by atoms with van der Waals surface area (Å²) in [6.45, 7) is 6.81. The number of hydrogen-bond donors (Lipinski definition) is 1. The van der Waals surface area contributed by atoms with Crippen molar-refractivity contribution in [3.63, 3.8) is 0 Å². The van der Waals surface area contributed by atoms with E-state index in [9.17, 15) is 4.79 Å². The third-order valence-corrected chi connectivity index (χ3v) is 3.03. The fourth-order valence-electron chi connectivity index (χ4n) is 0.882. The van der Waals surface area contributed by atoms with E-state index in [1.54, 1.807) is 16.3 Å². The number of rotatable bonds is 1. The predicted octanol–water partition coefficient (Wildman–Crippen LogP) is 0.850. The number of carbonyl (C=O) groups is 1. The molecular formula is C8H16N2OS. The van der Waals surface area contributed by atoms with E-state index in [0.717, 1.165) is 12.3 Å². The second-order valence-corrected chi connectivity index (χ2v) is 5.22. The van der Waals surface area contributed by atoms with Crippen LogP contribution in [-0.2, 0) is 4.79 Å². The Morgan fingerprint density at radius 3 is 2.33 bits per heavy atom. The lowest BCUT2D eigenvalue weighted by Crippen LogP contribution is -2.51. The molecule has 1 unspecified atom stereocenters. The predicted molar refractivity (Wildman–Crippen MR) is 51.6 cm³/mol. The van der Waals surface area contributed by atoms with Crippen molar-refractivity contribution in [1.29, 1.82) is 0 Å². The number of amides is 1. The minimum atomic E-state index is -0.370. The summed E-state index contributed by atoms with van der Waals surface area (Å²) >= 11 is 1.56. The van der Waals surface area contributed by atoms with Gasteiger partial charge in [-0.3, -0.25) is 9.10 Å². The fourth-order valence-corrected chi connectivity index (χ4v) is 1.49. The van der Waals surface area contributed by atoms with Gasteiger partial charge in [0.1, 0.15) is 0 Å². The van der Waals surface area contributed by atoms with Crippen LogP contribution in [0.3, 0.4) is 0 Å². The minimum absolute atomic E-state index is 0.0683. The zero-order valence-electron chi connectivity index (χ0n) is 7.83. The molecule has 1 amide bonds. The molecule has 0 spiro atoms. The van der Waals surface area contributed by atoms with Crippen molar-refractivity contribution in [3.05, 3.63) is 0 Å². The highest BCUT2D eigenvalue weighted by Crippen LogP contribution is 2.26. The monoisotopic (exact) mass is 188 g/mol. The third-order valence-electron chi connectivity index (χ3n) is 1.99. The van der Waals surface area contributed by atoms with Crippen molar-refractivity contribution in [1.82, 2.24) is 4.31 Å². The first kappa shape index (κ1) is 9.86. The standard InChI is InChI=1S/C8H16N2OS/c1-8(2,3)6(9)7(11)10-4-5-12-10/h6H,4-5,9H2,1-3H3. The highest BCUT2D eigenvalue weighted by atomic mass is 32.2. The Morgan fingerprint density at radius 1 is 1.58 bits per heavy atom. The van der Waals surface area contributed by atoms with Crippen LogP contribution in [0.25, 0.3) is 0 Å². The summed E-state index contributed by atoms with van der Waals surface area (Å²) < 4.78 is 1.75. The molecule has 0 radical (unpaired) electrons. The average molecular weight is 188 g/mol. The van der Waals surface area contributed by atoms with Crippen LogP contribution in [-0.4, -0.2) is 28.6 Å². The molecule has 0 saturated carbocycles. The van der Waals surface area contributed by atoms with Gasteiger partial charge in [0.2, 0.25) is 5.91 Å². The van der Waals surface area contributed by atoms with Crippen LogP contribution >= 0.6 is 11.9 Å². The molecule has 70 valence electrons. The number of nitrogens with zero attached hydrogens (tertiary/aromatic N) is 1. The Morgan fingerprint density at radius 2 is 2.08 bits per heavy atom. The normalized spacial score (nSPS) is 20.2. The third kappa shape index (κ3) is 1.93. The van der Waals surface area contributed by atoms with Crippen LogP contribution in [0.15, 0.2) is 0 Å². The number of hydrogen-bond acceptors (Lipinski definition) is 3. The molecule has 0 aromatic heterocycles. The van der Waals surface area contributed by atoms with Gasteiger partial charge in [-0.05, 0) is 17.4 Å². The summed E-state index contributed by atoms with van der Waals surface area (Å²) in [7, 11) is 0. The van der Waals surface area contributed by atoms with E-state index in [1.165, 1.54) is 0 Å². The quantitative estimate of drug-likeness (QED) is 0.621. The Bertz CT molecular complexity index is 184. The van der Waals surface area contributed by atoms with Crippen molar-refractivity contribution in [3.8, 4) is 0 Å².